The van der Waals surface area contributed by atoms with E-state index in [1.165, 1.54) is 0 Å². The van der Waals surface area contributed by atoms with E-state index in [2.05, 4.69) is 0 Å². The topological polar surface area (TPSA) is 82.1 Å². The second-order valence-corrected chi connectivity index (χ2v) is 6.66. The first kappa shape index (κ1) is 22.7. The van der Waals surface area contributed by atoms with Crippen LogP contribution >= 0.6 is 0 Å². The van der Waals surface area contributed by atoms with Gasteiger partial charge < -0.3 is 19.3 Å². The Morgan fingerprint density at radius 2 is 1.56 bits per heavy atom. The van der Waals surface area contributed by atoms with Crippen LogP contribution in [0.3, 0.4) is 0 Å². The van der Waals surface area contributed by atoms with Gasteiger partial charge >= 0.3 is 11.9 Å². The van der Waals surface area contributed by atoms with Gasteiger partial charge in [-0.3, -0.25) is 4.79 Å². The van der Waals surface area contributed by atoms with Crippen molar-refractivity contribution in [2.45, 2.75) is 59.4 Å². The summed E-state index contributed by atoms with van der Waals surface area (Å²) >= 11 is 0. The van der Waals surface area contributed by atoms with E-state index in [0.29, 0.717) is 6.61 Å². The summed E-state index contributed by atoms with van der Waals surface area (Å²) in [4.78, 5) is 24.3. The first-order valence-corrected chi connectivity index (χ1v) is 9.23. The minimum atomic E-state index is -1.58. The minimum absolute atomic E-state index is 0.146. The van der Waals surface area contributed by atoms with E-state index in [9.17, 15) is 14.7 Å². The summed E-state index contributed by atoms with van der Waals surface area (Å²) in [6.07, 6.45) is 1.38. The lowest BCUT2D eigenvalue weighted by atomic mass is 9.97. The number of carbonyl (C=O) groups excluding carboxylic acids is 2. The highest BCUT2D eigenvalue weighted by molar-refractivity contribution is 5.84. The van der Waals surface area contributed by atoms with E-state index < -0.39 is 24.0 Å². The summed E-state index contributed by atoms with van der Waals surface area (Å²) in [7, 11) is 0. The molecule has 1 aromatic rings. The average molecular weight is 378 g/mol. The van der Waals surface area contributed by atoms with Gasteiger partial charge in [0.05, 0.1) is 24.7 Å². The van der Waals surface area contributed by atoms with Gasteiger partial charge in [0, 0.05) is 0 Å². The molecule has 0 aliphatic rings. The number of hydrogen-bond acceptors (Lipinski definition) is 6. The summed E-state index contributed by atoms with van der Waals surface area (Å²) in [6.45, 7) is 9.29. The van der Waals surface area contributed by atoms with E-state index in [0.717, 1.165) is 11.3 Å². The molecule has 0 fully saturated rings. The zero-order valence-electron chi connectivity index (χ0n) is 16.7. The Morgan fingerprint density at radius 1 is 1.00 bits per heavy atom. The molecule has 1 aromatic carbocycles. The van der Waals surface area contributed by atoms with Crippen molar-refractivity contribution in [1.29, 1.82) is 0 Å². The lowest BCUT2D eigenvalue weighted by molar-refractivity contribution is -0.170. The zero-order valence-corrected chi connectivity index (χ0v) is 16.7. The fraction of sp³-hybridized carbons (Fsp3) is 0.524. The Labute approximate surface area is 161 Å². The van der Waals surface area contributed by atoms with E-state index >= 15 is 0 Å². The third-order valence-electron chi connectivity index (χ3n) is 3.52. The third-order valence-corrected chi connectivity index (χ3v) is 3.52. The van der Waals surface area contributed by atoms with Crippen molar-refractivity contribution in [2.75, 3.05) is 6.61 Å². The van der Waals surface area contributed by atoms with E-state index in [4.69, 9.17) is 14.2 Å². The van der Waals surface area contributed by atoms with Crippen LogP contribution in [0.15, 0.2) is 30.3 Å². The Kier molecular flexibility index (Phi) is 9.58. The van der Waals surface area contributed by atoms with E-state index in [1.807, 2.05) is 37.3 Å². The second-order valence-electron chi connectivity index (χ2n) is 6.66. The summed E-state index contributed by atoms with van der Waals surface area (Å²) in [5, 5.41) is 10.3. The van der Waals surface area contributed by atoms with Crippen LogP contribution in [0, 0.1) is 5.92 Å². The van der Waals surface area contributed by atoms with Gasteiger partial charge in [0.25, 0.3) is 0 Å². The van der Waals surface area contributed by atoms with Crippen LogP contribution in [0.5, 0.6) is 5.75 Å². The molecule has 27 heavy (non-hydrogen) atoms. The maximum atomic E-state index is 12.3. The van der Waals surface area contributed by atoms with Gasteiger partial charge in [-0.25, -0.2) is 4.79 Å². The highest BCUT2D eigenvalue weighted by atomic mass is 16.6. The molecule has 0 unspecified atom stereocenters. The van der Waals surface area contributed by atoms with Gasteiger partial charge in [-0.1, -0.05) is 24.3 Å². The molecular weight excluding hydrogens is 348 g/mol. The molecule has 6 heteroatoms. The molecule has 0 aromatic heterocycles. The van der Waals surface area contributed by atoms with Crippen LogP contribution in [0.4, 0.5) is 0 Å². The highest BCUT2D eigenvalue weighted by Crippen LogP contribution is 2.18. The summed E-state index contributed by atoms with van der Waals surface area (Å²) in [5.41, 5.74) is 0.911. The Morgan fingerprint density at radius 3 is 2.07 bits per heavy atom. The first-order chi connectivity index (χ1) is 12.7. The molecule has 0 radical (unpaired) electrons. The lowest BCUT2D eigenvalue weighted by Gasteiger charge is -2.21. The fourth-order valence-electron chi connectivity index (χ4n) is 2.33. The first-order valence-electron chi connectivity index (χ1n) is 9.23. The molecule has 1 rings (SSSR count). The predicted octanol–water partition coefficient (Wildman–Crippen LogP) is 3.37. The number of rotatable bonds is 10. The second kappa shape index (κ2) is 11.4. The van der Waals surface area contributed by atoms with E-state index in [1.54, 1.807) is 33.8 Å². The van der Waals surface area contributed by atoms with Crippen molar-refractivity contribution in [3.63, 3.8) is 0 Å². The predicted molar refractivity (Wildman–Crippen MR) is 103 cm³/mol. The normalized spacial score (nSPS) is 13.6. The van der Waals surface area contributed by atoms with Crippen molar-refractivity contribution in [3.8, 4) is 5.75 Å². The standard InChI is InChI=1S/C21H30O6/c1-6-25-17-12-10-16(11-13-17)8-7-9-18(20(23)26-14(2)3)19(22)21(24)27-15(4)5/h7-8,10-15,18-19,22H,6,9H2,1-5H3/t18-,19+/m1/s1. The average Bonchev–Trinajstić information content (AvgIpc) is 2.58. The largest absolute Gasteiger partial charge is 0.494 e. The maximum Gasteiger partial charge on any atom is 0.336 e. The molecule has 1 N–H and O–H groups in total. The SMILES string of the molecule is CCOc1ccc(C=CC[C@@H](C(=O)OC(C)C)[C@H](O)C(=O)OC(C)C)cc1. The third kappa shape index (κ3) is 8.26. The fourth-order valence-corrected chi connectivity index (χ4v) is 2.33. The number of ether oxygens (including phenoxy) is 3. The lowest BCUT2D eigenvalue weighted by Crippen LogP contribution is -2.38. The van der Waals surface area contributed by atoms with Crippen molar-refractivity contribution in [2.24, 2.45) is 5.92 Å². The van der Waals surface area contributed by atoms with Crippen LogP contribution in [0.2, 0.25) is 0 Å². The minimum Gasteiger partial charge on any atom is -0.494 e. The number of carbonyl (C=O) groups is 2. The van der Waals surface area contributed by atoms with Crippen LogP contribution in [-0.2, 0) is 19.1 Å². The molecule has 150 valence electrons. The van der Waals surface area contributed by atoms with Gasteiger partial charge in [0.15, 0.2) is 6.10 Å². The molecule has 0 aliphatic heterocycles. The zero-order chi connectivity index (χ0) is 20.4. The number of hydrogen-bond donors (Lipinski definition) is 1. The van der Waals surface area contributed by atoms with Gasteiger partial charge in [0.2, 0.25) is 0 Å². The molecule has 0 saturated carbocycles. The molecule has 6 nitrogen and oxygen atoms in total. The van der Waals surface area contributed by atoms with Crippen LogP contribution in [0.25, 0.3) is 6.08 Å². The van der Waals surface area contributed by atoms with Crippen molar-refractivity contribution in [3.05, 3.63) is 35.9 Å². The number of allylic oxidation sites excluding steroid dienone is 1. The molecular formula is C21H30O6. The van der Waals surface area contributed by atoms with Gasteiger partial charge in [0.1, 0.15) is 5.75 Å². The Bertz CT molecular complexity index is 618. The highest BCUT2D eigenvalue weighted by Gasteiger charge is 2.34. The number of aliphatic hydroxyl groups is 1. The molecule has 0 amide bonds. The molecule has 0 heterocycles. The van der Waals surface area contributed by atoms with Gasteiger partial charge in [-0.2, -0.15) is 0 Å². The monoisotopic (exact) mass is 378 g/mol. The number of benzene rings is 1. The van der Waals surface area contributed by atoms with Crippen molar-refractivity contribution in [1.82, 2.24) is 0 Å². The molecule has 0 saturated heterocycles. The van der Waals surface area contributed by atoms with Gasteiger partial charge in [-0.15, -0.1) is 0 Å². The Hall–Kier alpha value is -2.34. The van der Waals surface area contributed by atoms with Crippen LogP contribution < -0.4 is 4.74 Å². The quantitative estimate of drug-likeness (QED) is 0.629. The van der Waals surface area contributed by atoms with E-state index in [-0.39, 0.29) is 18.6 Å². The molecule has 0 spiro atoms. The molecule has 2 atom stereocenters. The number of esters is 2. The van der Waals surface area contributed by atoms with Crippen LogP contribution in [-0.4, -0.2) is 42.0 Å². The molecule has 0 aliphatic carbocycles. The molecule has 0 bridgehead atoms. The van der Waals surface area contributed by atoms with Gasteiger partial charge in [-0.05, 0) is 58.7 Å². The maximum absolute atomic E-state index is 12.3. The van der Waals surface area contributed by atoms with Crippen molar-refractivity contribution >= 4 is 18.0 Å². The summed E-state index contributed by atoms with van der Waals surface area (Å²) in [5.74, 6) is -1.71. The Balaban J connectivity index is 2.83. The van der Waals surface area contributed by atoms with Crippen molar-refractivity contribution < 1.29 is 28.9 Å². The van der Waals surface area contributed by atoms with Crippen LogP contribution in [0.1, 0.15) is 46.6 Å². The summed E-state index contributed by atoms with van der Waals surface area (Å²) in [6, 6.07) is 7.46. The smallest absolute Gasteiger partial charge is 0.336 e. The summed E-state index contributed by atoms with van der Waals surface area (Å²) < 4.78 is 15.6. The number of aliphatic hydroxyl groups excluding tert-OH is 1.